The SMILES string of the molecule is CCS(=O)(=O)[N-]c1cc(-c2ccc(F)cc2F)cc(-n2cnc3cc(-c4cnn(C)c4)ccc32)n1.[Na+]. The van der Waals surface area contributed by atoms with E-state index in [-0.39, 0.29) is 52.5 Å². The van der Waals surface area contributed by atoms with E-state index >= 15 is 0 Å². The van der Waals surface area contributed by atoms with E-state index in [1.54, 1.807) is 27.8 Å². The zero-order valence-electron chi connectivity index (χ0n) is 19.7. The number of nitrogens with zero attached hydrogens (tertiary/aromatic N) is 6. The van der Waals surface area contributed by atoms with Crippen molar-refractivity contribution in [3.05, 3.63) is 83.6 Å². The van der Waals surface area contributed by atoms with Crippen LogP contribution in [0.3, 0.4) is 0 Å². The summed E-state index contributed by atoms with van der Waals surface area (Å²) in [6.07, 6.45) is 5.19. The molecule has 178 valence electrons. The second-order valence-electron chi connectivity index (χ2n) is 7.88. The van der Waals surface area contributed by atoms with Crippen molar-refractivity contribution in [1.29, 1.82) is 0 Å². The van der Waals surface area contributed by atoms with E-state index in [1.807, 2.05) is 31.4 Å². The number of benzene rings is 2. The maximum Gasteiger partial charge on any atom is 1.00 e. The Hall–Kier alpha value is -3.12. The van der Waals surface area contributed by atoms with Crippen molar-refractivity contribution < 1.29 is 46.8 Å². The number of hydrogen-bond acceptors (Lipinski definition) is 5. The van der Waals surface area contributed by atoms with E-state index in [2.05, 4.69) is 19.8 Å². The van der Waals surface area contributed by atoms with Crippen molar-refractivity contribution >= 4 is 26.9 Å². The van der Waals surface area contributed by atoms with Gasteiger partial charge in [-0.1, -0.05) is 19.1 Å². The molecule has 12 heteroatoms. The summed E-state index contributed by atoms with van der Waals surface area (Å²) in [5, 5.41) is 4.19. The third kappa shape index (κ3) is 5.19. The van der Waals surface area contributed by atoms with Crippen LogP contribution in [0.5, 0.6) is 0 Å². The molecule has 0 aliphatic heterocycles. The molecule has 0 saturated carbocycles. The maximum absolute atomic E-state index is 14.6. The van der Waals surface area contributed by atoms with Gasteiger partial charge in [0.15, 0.2) is 10.0 Å². The number of fused-ring (bicyclic) bond motifs is 1. The van der Waals surface area contributed by atoms with Crippen LogP contribution in [-0.2, 0) is 17.1 Å². The first-order valence-electron chi connectivity index (χ1n) is 10.6. The molecule has 2 aromatic carbocycles. The summed E-state index contributed by atoms with van der Waals surface area (Å²) >= 11 is 0. The van der Waals surface area contributed by atoms with E-state index in [4.69, 9.17) is 0 Å². The average Bonchev–Trinajstić information content (AvgIpc) is 3.44. The second-order valence-corrected chi connectivity index (χ2v) is 9.80. The number of sulfonamides is 1. The standard InChI is InChI=1S/C24H19F2N6O2S.Na/c1-3-35(33,34)30-23-9-16(19-6-5-18(25)11-20(19)26)10-24(29-23)32-14-27-21-8-15(4-7-22(21)32)17-12-28-31(2)13-17;/h4-14H,3H2,1-2H3;/q-1;+1. The fraction of sp³-hybridized carbons (Fsp3) is 0.125. The molecule has 0 atom stereocenters. The summed E-state index contributed by atoms with van der Waals surface area (Å²) in [6.45, 7) is 1.46. The zero-order chi connectivity index (χ0) is 24.7. The molecule has 0 unspecified atom stereocenters. The fourth-order valence-corrected chi connectivity index (χ4v) is 4.21. The van der Waals surface area contributed by atoms with Gasteiger partial charge in [-0.2, -0.15) is 5.10 Å². The van der Waals surface area contributed by atoms with Gasteiger partial charge >= 0.3 is 29.6 Å². The Morgan fingerprint density at radius 2 is 1.81 bits per heavy atom. The Morgan fingerprint density at radius 3 is 2.50 bits per heavy atom. The van der Waals surface area contributed by atoms with E-state index < -0.39 is 21.7 Å². The minimum absolute atomic E-state index is 0. The van der Waals surface area contributed by atoms with Gasteiger partial charge in [-0.3, -0.25) is 4.68 Å². The molecule has 0 aliphatic rings. The van der Waals surface area contributed by atoms with Gasteiger partial charge in [-0.25, -0.2) is 22.2 Å². The van der Waals surface area contributed by atoms with Gasteiger partial charge in [0.1, 0.15) is 18.0 Å². The monoisotopic (exact) mass is 516 g/mol. The van der Waals surface area contributed by atoms with E-state index in [9.17, 15) is 17.2 Å². The van der Waals surface area contributed by atoms with Gasteiger partial charge in [0.2, 0.25) is 0 Å². The van der Waals surface area contributed by atoms with Crippen LogP contribution in [0.4, 0.5) is 14.6 Å². The van der Waals surface area contributed by atoms with Crippen LogP contribution in [0.2, 0.25) is 0 Å². The molecule has 0 bridgehead atoms. The zero-order valence-corrected chi connectivity index (χ0v) is 22.5. The number of halogens is 2. The minimum Gasteiger partial charge on any atom is -0.421 e. The third-order valence-corrected chi connectivity index (χ3v) is 6.66. The molecule has 0 fully saturated rings. The van der Waals surface area contributed by atoms with Crippen LogP contribution in [0.1, 0.15) is 6.92 Å². The van der Waals surface area contributed by atoms with Crippen LogP contribution in [0.15, 0.2) is 67.3 Å². The summed E-state index contributed by atoms with van der Waals surface area (Å²) in [5.41, 5.74) is 3.62. The number of aryl methyl sites for hydroxylation is 1. The number of imidazole rings is 1. The molecule has 0 radical (unpaired) electrons. The Bertz CT molecular complexity index is 1680. The first-order chi connectivity index (χ1) is 16.7. The number of hydrogen-bond donors (Lipinski definition) is 0. The molecule has 0 spiro atoms. The molecule has 0 aliphatic carbocycles. The minimum atomic E-state index is -3.77. The molecule has 0 N–H and O–H groups in total. The van der Waals surface area contributed by atoms with Crippen LogP contribution in [0, 0.1) is 11.6 Å². The third-order valence-electron chi connectivity index (χ3n) is 5.47. The largest absolute Gasteiger partial charge is 1.00 e. The molecule has 5 rings (SSSR count). The predicted molar refractivity (Wildman–Crippen MR) is 129 cm³/mol. The topological polar surface area (TPSA) is 96.8 Å². The Balaban J connectivity index is 0.00000304. The van der Waals surface area contributed by atoms with Crippen molar-refractivity contribution in [2.75, 3.05) is 5.75 Å². The van der Waals surface area contributed by atoms with Crippen LogP contribution in [0.25, 0.3) is 43.8 Å². The smallest absolute Gasteiger partial charge is 0.421 e. The van der Waals surface area contributed by atoms with Gasteiger partial charge in [0.25, 0.3) is 0 Å². The van der Waals surface area contributed by atoms with Crippen LogP contribution >= 0.6 is 0 Å². The molecular weight excluding hydrogens is 497 g/mol. The Morgan fingerprint density at radius 1 is 1.00 bits per heavy atom. The van der Waals surface area contributed by atoms with Crippen LogP contribution in [-0.4, -0.2) is 38.5 Å². The van der Waals surface area contributed by atoms with Gasteiger partial charge in [-0.15, -0.1) is 0 Å². The molecule has 0 amide bonds. The molecule has 8 nitrogen and oxygen atoms in total. The number of pyridine rings is 1. The summed E-state index contributed by atoms with van der Waals surface area (Å²) in [7, 11) is -1.94. The molecule has 36 heavy (non-hydrogen) atoms. The van der Waals surface area contributed by atoms with Gasteiger partial charge < -0.3 is 14.3 Å². The van der Waals surface area contributed by atoms with Crippen molar-refractivity contribution in [3.8, 4) is 28.1 Å². The summed E-state index contributed by atoms with van der Waals surface area (Å²) in [6, 6.07) is 11.8. The molecule has 0 saturated heterocycles. The second kappa shape index (κ2) is 10.1. The fourth-order valence-electron chi connectivity index (χ4n) is 3.70. The summed E-state index contributed by atoms with van der Waals surface area (Å²) in [5.74, 6) is -1.55. The molecule has 3 aromatic heterocycles. The predicted octanol–water partition coefficient (Wildman–Crippen LogP) is 2.13. The van der Waals surface area contributed by atoms with Gasteiger partial charge in [0.05, 0.1) is 17.2 Å². The van der Waals surface area contributed by atoms with E-state index in [1.165, 1.54) is 19.1 Å². The van der Waals surface area contributed by atoms with Gasteiger partial charge in [0, 0.05) is 42.0 Å². The van der Waals surface area contributed by atoms with Crippen molar-refractivity contribution in [3.63, 3.8) is 0 Å². The quantitative estimate of drug-likeness (QED) is 0.322. The van der Waals surface area contributed by atoms with Crippen molar-refractivity contribution in [1.82, 2.24) is 24.3 Å². The average molecular weight is 517 g/mol. The molecule has 5 aromatic rings. The maximum atomic E-state index is 14.6. The van der Waals surface area contributed by atoms with Crippen molar-refractivity contribution in [2.24, 2.45) is 7.05 Å². The summed E-state index contributed by atoms with van der Waals surface area (Å²) < 4.78 is 59.5. The Kier molecular flexibility index (Phi) is 7.28. The molecular formula is C24H19F2N6NaO2S. The Labute approximate surface area is 228 Å². The van der Waals surface area contributed by atoms with Crippen molar-refractivity contribution in [2.45, 2.75) is 6.92 Å². The first-order valence-corrected chi connectivity index (χ1v) is 12.2. The van der Waals surface area contributed by atoms with Crippen LogP contribution < -0.4 is 29.6 Å². The number of aromatic nitrogens is 5. The number of rotatable bonds is 6. The normalized spacial score (nSPS) is 11.4. The van der Waals surface area contributed by atoms with E-state index in [0.717, 1.165) is 23.3 Å². The van der Waals surface area contributed by atoms with Gasteiger partial charge in [-0.05, 0) is 47.3 Å². The first kappa shape index (κ1) is 26.0. The summed E-state index contributed by atoms with van der Waals surface area (Å²) in [4.78, 5) is 8.85. The van der Waals surface area contributed by atoms with E-state index in [0.29, 0.717) is 16.6 Å². The molecule has 3 heterocycles.